The van der Waals surface area contributed by atoms with Gasteiger partial charge in [-0.25, -0.2) is 0 Å². The molecule has 2 heteroatoms. The quantitative estimate of drug-likeness (QED) is 0.732. The summed E-state index contributed by atoms with van der Waals surface area (Å²) in [5.74, 6) is 1.88. The third-order valence-corrected chi connectivity index (χ3v) is 3.66. The molecule has 82 valence electrons. The van der Waals surface area contributed by atoms with Gasteiger partial charge in [-0.3, -0.25) is 0 Å². The fraction of sp³-hybridized carbons (Fsp3) is 1.00. The maximum atomic E-state index is 5.58. The molecule has 0 spiro atoms. The van der Waals surface area contributed by atoms with E-state index < -0.39 is 0 Å². The summed E-state index contributed by atoms with van der Waals surface area (Å²) in [4.78, 5) is 0. The minimum Gasteiger partial charge on any atom is -0.378 e. The van der Waals surface area contributed by atoms with Crippen LogP contribution in [-0.4, -0.2) is 25.8 Å². The van der Waals surface area contributed by atoms with Crippen LogP contribution in [0.15, 0.2) is 0 Å². The minimum absolute atomic E-state index is 0.505. The summed E-state index contributed by atoms with van der Waals surface area (Å²) in [6.45, 7) is 5.70. The molecule has 0 aromatic carbocycles. The lowest BCUT2D eigenvalue weighted by atomic mass is 9.84. The van der Waals surface area contributed by atoms with Crippen LogP contribution in [0.4, 0.5) is 0 Å². The largest absolute Gasteiger partial charge is 0.378 e. The molecule has 1 N–H and O–H groups in total. The number of hydrogen-bond donors (Lipinski definition) is 1. The highest BCUT2D eigenvalue weighted by molar-refractivity contribution is 4.76. The summed E-state index contributed by atoms with van der Waals surface area (Å²) in [5.41, 5.74) is 0. The third kappa shape index (κ3) is 2.96. The second-order valence-electron chi connectivity index (χ2n) is 5.02. The van der Waals surface area contributed by atoms with Crippen molar-refractivity contribution >= 4 is 0 Å². The summed E-state index contributed by atoms with van der Waals surface area (Å²) >= 11 is 0. The van der Waals surface area contributed by atoms with Crippen molar-refractivity contribution in [3.8, 4) is 0 Å². The van der Waals surface area contributed by atoms with E-state index in [1.54, 1.807) is 0 Å². The lowest BCUT2D eigenvalue weighted by Gasteiger charge is -2.31. The highest BCUT2D eigenvalue weighted by Gasteiger charge is 2.23. The van der Waals surface area contributed by atoms with Crippen LogP contribution >= 0.6 is 0 Å². The van der Waals surface area contributed by atoms with Crippen LogP contribution in [0.3, 0.4) is 0 Å². The first-order valence-corrected chi connectivity index (χ1v) is 6.17. The summed E-state index contributed by atoms with van der Waals surface area (Å²) in [6, 6.07) is 0. The molecule has 0 bridgehead atoms. The smallest absolute Gasteiger partial charge is 0.0549 e. The molecule has 2 saturated heterocycles. The topological polar surface area (TPSA) is 21.3 Å². The van der Waals surface area contributed by atoms with Gasteiger partial charge in [0.15, 0.2) is 0 Å². The van der Waals surface area contributed by atoms with E-state index in [0.29, 0.717) is 6.10 Å². The summed E-state index contributed by atoms with van der Waals surface area (Å²) in [5, 5.41) is 3.50. The molecule has 14 heavy (non-hydrogen) atoms. The Morgan fingerprint density at radius 2 is 2.21 bits per heavy atom. The van der Waals surface area contributed by atoms with E-state index in [2.05, 4.69) is 12.2 Å². The fourth-order valence-corrected chi connectivity index (χ4v) is 2.90. The number of nitrogens with one attached hydrogen (secondary N) is 1. The highest BCUT2D eigenvalue weighted by Crippen LogP contribution is 2.28. The number of ether oxygens (including phenoxy) is 1. The molecule has 0 saturated carbocycles. The van der Waals surface area contributed by atoms with Gasteiger partial charge in [-0.05, 0) is 64.0 Å². The molecule has 3 atom stereocenters. The lowest BCUT2D eigenvalue weighted by Crippen LogP contribution is -2.32. The van der Waals surface area contributed by atoms with Gasteiger partial charge in [-0.15, -0.1) is 0 Å². The van der Waals surface area contributed by atoms with Crippen molar-refractivity contribution in [2.24, 2.45) is 11.8 Å². The maximum absolute atomic E-state index is 5.58. The van der Waals surface area contributed by atoms with Crippen LogP contribution < -0.4 is 5.32 Å². The zero-order chi connectivity index (χ0) is 9.80. The van der Waals surface area contributed by atoms with Gasteiger partial charge in [0.25, 0.3) is 0 Å². The summed E-state index contributed by atoms with van der Waals surface area (Å²) < 4.78 is 5.58. The first-order valence-electron chi connectivity index (χ1n) is 6.17. The Labute approximate surface area is 87.4 Å². The summed E-state index contributed by atoms with van der Waals surface area (Å²) in [7, 11) is 0. The van der Waals surface area contributed by atoms with Crippen LogP contribution in [0.2, 0.25) is 0 Å². The number of rotatable bonds is 2. The predicted octanol–water partition coefficient (Wildman–Crippen LogP) is 2.19. The highest BCUT2D eigenvalue weighted by atomic mass is 16.5. The zero-order valence-electron chi connectivity index (χ0n) is 9.30. The molecule has 0 aliphatic carbocycles. The van der Waals surface area contributed by atoms with Gasteiger partial charge >= 0.3 is 0 Å². The van der Waals surface area contributed by atoms with Gasteiger partial charge in [0.05, 0.1) is 6.10 Å². The fourth-order valence-electron chi connectivity index (χ4n) is 2.90. The third-order valence-electron chi connectivity index (χ3n) is 3.66. The molecule has 0 radical (unpaired) electrons. The van der Waals surface area contributed by atoms with E-state index in [4.69, 9.17) is 4.74 Å². The Morgan fingerprint density at radius 1 is 1.29 bits per heavy atom. The van der Waals surface area contributed by atoms with E-state index in [1.807, 2.05) is 0 Å². The van der Waals surface area contributed by atoms with E-state index in [1.165, 1.54) is 45.2 Å². The molecule has 2 rings (SSSR count). The molecular formula is C12H23NO. The number of piperidine rings is 1. The van der Waals surface area contributed by atoms with Crippen LogP contribution in [0.1, 0.15) is 39.0 Å². The second kappa shape index (κ2) is 5.13. The molecule has 2 aliphatic rings. The molecular weight excluding hydrogens is 174 g/mol. The number of hydrogen-bond acceptors (Lipinski definition) is 2. The van der Waals surface area contributed by atoms with E-state index in [0.717, 1.165) is 18.4 Å². The molecule has 0 aromatic heterocycles. The van der Waals surface area contributed by atoms with Gasteiger partial charge in [-0.2, -0.15) is 0 Å². The minimum atomic E-state index is 0.505. The second-order valence-corrected chi connectivity index (χ2v) is 5.02. The Kier molecular flexibility index (Phi) is 3.82. The predicted molar refractivity (Wildman–Crippen MR) is 58.3 cm³/mol. The maximum Gasteiger partial charge on any atom is 0.0549 e. The first-order chi connectivity index (χ1) is 6.84. The van der Waals surface area contributed by atoms with Crippen LogP contribution in [0.5, 0.6) is 0 Å². The van der Waals surface area contributed by atoms with Gasteiger partial charge in [-0.1, -0.05) is 0 Å². The Hall–Kier alpha value is -0.0800. The van der Waals surface area contributed by atoms with Crippen LogP contribution in [0, 0.1) is 11.8 Å². The van der Waals surface area contributed by atoms with Gasteiger partial charge in [0.1, 0.15) is 0 Å². The average molecular weight is 197 g/mol. The first kappa shape index (κ1) is 10.4. The van der Waals surface area contributed by atoms with Crippen molar-refractivity contribution in [3.05, 3.63) is 0 Å². The van der Waals surface area contributed by atoms with Crippen molar-refractivity contribution in [2.75, 3.05) is 19.7 Å². The van der Waals surface area contributed by atoms with Gasteiger partial charge in [0, 0.05) is 6.61 Å². The van der Waals surface area contributed by atoms with Crippen molar-refractivity contribution in [1.82, 2.24) is 5.32 Å². The van der Waals surface area contributed by atoms with Gasteiger partial charge < -0.3 is 10.1 Å². The average Bonchev–Trinajstić information content (AvgIpc) is 2.19. The van der Waals surface area contributed by atoms with Crippen LogP contribution in [-0.2, 0) is 4.74 Å². The molecule has 2 aliphatic heterocycles. The van der Waals surface area contributed by atoms with E-state index in [-0.39, 0.29) is 0 Å². The Morgan fingerprint density at radius 3 is 2.93 bits per heavy atom. The molecule has 0 aromatic rings. The Bertz CT molecular complexity index is 166. The normalized spacial score (nSPS) is 39.6. The van der Waals surface area contributed by atoms with Crippen molar-refractivity contribution in [3.63, 3.8) is 0 Å². The molecule has 2 nitrogen and oxygen atoms in total. The zero-order valence-corrected chi connectivity index (χ0v) is 9.30. The Balaban J connectivity index is 1.72. The molecule has 2 heterocycles. The molecule has 2 fully saturated rings. The monoisotopic (exact) mass is 197 g/mol. The van der Waals surface area contributed by atoms with Gasteiger partial charge in [0.2, 0.25) is 0 Å². The van der Waals surface area contributed by atoms with Crippen LogP contribution in [0.25, 0.3) is 0 Å². The summed E-state index contributed by atoms with van der Waals surface area (Å²) in [6.07, 6.45) is 7.34. The van der Waals surface area contributed by atoms with Crippen molar-refractivity contribution in [1.29, 1.82) is 0 Å². The SMILES string of the molecule is CC1CC(CC2CCCNC2)CCO1. The van der Waals surface area contributed by atoms with Crippen molar-refractivity contribution < 1.29 is 4.74 Å². The van der Waals surface area contributed by atoms with Crippen molar-refractivity contribution in [2.45, 2.75) is 45.1 Å². The van der Waals surface area contributed by atoms with E-state index in [9.17, 15) is 0 Å². The molecule has 0 amide bonds. The molecule has 3 unspecified atom stereocenters. The van der Waals surface area contributed by atoms with E-state index >= 15 is 0 Å². The standard InChI is InChI=1S/C12H23NO/c1-10-7-11(4-6-14-10)8-12-3-2-5-13-9-12/h10-13H,2-9H2,1H3. The lowest BCUT2D eigenvalue weighted by molar-refractivity contribution is -0.00345.